The number of carbonyl (C=O) groups is 3. The largest absolute Gasteiger partial charge is 0.465 e. The van der Waals surface area contributed by atoms with E-state index >= 15 is 0 Å². The maximum atomic E-state index is 12.4. The van der Waals surface area contributed by atoms with Gasteiger partial charge in [0, 0.05) is 19.6 Å². The summed E-state index contributed by atoms with van der Waals surface area (Å²) < 4.78 is 4.86. The summed E-state index contributed by atoms with van der Waals surface area (Å²) in [6.45, 7) is 2.11. The van der Waals surface area contributed by atoms with Crippen molar-refractivity contribution in [2.75, 3.05) is 26.2 Å². The second kappa shape index (κ2) is 6.03. The summed E-state index contributed by atoms with van der Waals surface area (Å²) in [5, 5.41) is 2.99. The maximum absolute atomic E-state index is 12.4. The van der Waals surface area contributed by atoms with Gasteiger partial charge in [0.25, 0.3) is 0 Å². The molecule has 2 aliphatic heterocycles. The van der Waals surface area contributed by atoms with Crippen molar-refractivity contribution in [1.29, 1.82) is 0 Å². The third kappa shape index (κ3) is 3.54. The van der Waals surface area contributed by atoms with Crippen molar-refractivity contribution in [1.82, 2.24) is 10.2 Å². The van der Waals surface area contributed by atoms with Crippen molar-refractivity contribution in [3.63, 3.8) is 0 Å². The molecule has 0 aromatic heterocycles. The van der Waals surface area contributed by atoms with Crippen LogP contribution in [0.3, 0.4) is 0 Å². The monoisotopic (exact) mass is 294 g/mol. The summed E-state index contributed by atoms with van der Waals surface area (Å²) in [7, 11) is 0. The second-order valence-electron chi connectivity index (χ2n) is 6.40. The van der Waals surface area contributed by atoms with Gasteiger partial charge < -0.3 is 15.0 Å². The van der Waals surface area contributed by atoms with E-state index in [1.807, 2.05) is 0 Å². The highest BCUT2D eigenvalue weighted by Gasteiger charge is 2.36. The number of carbonyl (C=O) groups excluding carboxylic acids is 3. The fourth-order valence-corrected chi connectivity index (χ4v) is 3.03. The lowest BCUT2D eigenvalue weighted by Gasteiger charge is -2.33. The van der Waals surface area contributed by atoms with E-state index in [-0.39, 0.29) is 42.6 Å². The van der Waals surface area contributed by atoms with Crippen molar-refractivity contribution in [2.45, 2.75) is 32.1 Å². The molecule has 3 fully saturated rings. The molecule has 2 heterocycles. The van der Waals surface area contributed by atoms with Crippen molar-refractivity contribution < 1.29 is 19.1 Å². The minimum Gasteiger partial charge on any atom is -0.465 e. The maximum Gasteiger partial charge on any atom is 0.306 e. The highest BCUT2D eigenvalue weighted by molar-refractivity contribution is 5.87. The number of piperidine rings is 1. The molecule has 0 aromatic rings. The SMILES string of the molecule is O=C1CC(C(=O)N2CCCC(C(=O)NCC3CC3)C2)CO1. The van der Waals surface area contributed by atoms with Gasteiger partial charge in [-0.3, -0.25) is 14.4 Å². The van der Waals surface area contributed by atoms with E-state index in [0.717, 1.165) is 19.4 Å². The predicted molar refractivity (Wildman–Crippen MR) is 74.1 cm³/mol. The molecule has 3 aliphatic rings. The Morgan fingerprint density at radius 1 is 1.24 bits per heavy atom. The van der Waals surface area contributed by atoms with Crippen LogP contribution in [-0.2, 0) is 19.1 Å². The Morgan fingerprint density at radius 3 is 2.71 bits per heavy atom. The molecule has 1 N–H and O–H groups in total. The van der Waals surface area contributed by atoms with Gasteiger partial charge in [-0.2, -0.15) is 0 Å². The first-order valence-electron chi connectivity index (χ1n) is 7.85. The third-order valence-corrected chi connectivity index (χ3v) is 4.57. The summed E-state index contributed by atoms with van der Waals surface area (Å²) in [6.07, 6.45) is 4.28. The predicted octanol–water partition coefficient (Wildman–Crippen LogP) is 0.314. The number of cyclic esters (lactones) is 1. The molecule has 0 aromatic carbocycles. The van der Waals surface area contributed by atoms with Crippen LogP contribution in [0, 0.1) is 17.8 Å². The van der Waals surface area contributed by atoms with Gasteiger partial charge in [0.1, 0.15) is 6.61 Å². The van der Waals surface area contributed by atoms with Gasteiger partial charge >= 0.3 is 5.97 Å². The Morgan fingerprint density at radius 2 is 2.05 bits per heavy atom. The first-order chi connectivity index (χ1) is 10.1. The van der Waals surface area contributed by atoms with Crippen LogP contribution in [0.2, 0.25) is 0 Å². The molecular weight excluding hydrogens is 272 g/mol. The number of esters is 1. The molecule has 116 valence electrons. The van der Waals surface area contributed by atoms with Crippen LogP contribution in [0.25, 0.3) is 0 Å². The minimum atomic E-state index is -0.356. The molecular formula is C15H22N2O4. The smallest absolute Gasteiger partial charge is 0.306 e. The molecule has 21 heavy (non-hydrogen) atoms. The van der Waals surface area contributed by atoms with E-state index in [9.17, 15) is 14.4 Å². The first-order valence-corrected chi connectivity index (χ1v) is 7.85. The van der Waals surface area contributed by atoms with E-state index in [1.165, 1.54) is 12.8 Å². The molecule has 2 unspecified atom stereocenters. The molecule has 0 radical (unpaired) electrons. The molecule has 0 bridgehead atoms. The van der Waals surface area contributed by atoms with Crippen LogP contribution in [0.4, 0.5) is 0 Å². The third-order valence-electron chi connectivity index (χ3n) is 4.57. The van der Waals surface area contributed by atoms with Gasteiger partial charge in [0.05, 0.1) is 18.3 Å². The van der Waals surface area contributed by atoms with Crippen molar-refractivity contribution >= 4 is 17.8 Å². The van der Waals surface area contributed by atoms with Crippen molar-refractivity contribution in [3.05, 3.63) is 0 Å². The summed E-state index contributed by atoms with van der Waals surface area (Å²) in [4.78, 5) is 37.3. The molecule has 0 spiro atoms. The van der Waals surface area contributed by atoms with E-state index in [4.69, 9.17) is 4.74 Å². The minimum absolute atomic E-state index is 0.0412. The number of likely N-dealkylation sites (tertiary alicyclic amines) is 1. The van der Waals surface area contributed by atoms with Crippen LogP contribution in [-0.4, -0.2) is 48.9 Å². The van der Waals surface area contributed by atoms with Crippen LogP contribution < -0.4 is 5.32 Å². The fourth-order valence-electron chi connectivity index (χ4n) is 3.03. The quantitative estimate of drug-likeness (QED) is 0.757. The van der Waals surface area contributed by atoms with Gasteiger partial charge in [-0.25, -0.2) is 0 Å². The Balaban J connectivity index is 1.50. The van der Waals surface area contributed by atoms with E-state index in [1.54, 1.807) is 4.90 Å². The first kappa shape index (κ1) is 14.4. The van der Waals surface area contributed by atoms with Crippen molar-refractivity contribution in [2.24, 2.45) is 17.8 Å². The number of hydrogen-bond acceptors (Lipinski definition) is 4. The average molecular weight is 294 g/mol. The van der Waals surface area contributed by atoms with Crippen LogP contribution in [0.1, 0.15) is 32.1 Å². The molecule has 6 heteroatoms. The number of hydrogen-bond donors (Lipinski definition) is 1. The number of ether oxygens (including phenoxy) is 1. The van der Waals surface area contributed by atoms with Gasteiger partial charge in [0.15, 0.2) is 0 Å². The number of nitrogens with zero attached hydrogens (tertiary/aromatic N) is 1. The number of rotatable bonds is 4. The van der Waals surface area contributed by atoms with Crippen LogP contribution in [0.15, 0.2) is 0 Å². The second-order valence-corrected chi connectivity index (χ2v) is 6.40. The molecule has 6 nitrogen and oxygen atoms in total. The van der Waals surface area contributed by atoms with Gasteiger partial charge in [-0.15, -0.1) is 0 Å². The molecule has 2 atom stereocenters. The standard InChI is InChI=1S/C15H22N2O4/c18-13-6-12(9-21-13)15(20)17-5-1-2-11(8-17)14(19)16-7-10-3-4-10/h10-12H,1-9H2,(H,16,19). The molecule has 2 amide bonds. The zero-order valence-electron chi connectivity index (χ0n) is 12.2. The fraction of sp³-hybridized carbons (Fsp3) is 0.800. The van der Waals surface area contributed by atoms with E-state index in [0.29, 0.717) is 19.0 Å². The summed E-state index contributed by atoms with van der Waals surface area (Å²) >= 11 is 0. The molecule has 3 rings (SSSR count). The van der Waals surface area contributed by atoms with Crippen molar-refractivity contribution in [3.8, 4) is 0 Å². The topological polar surface area (TPSA) is 75.7 Å². The summed E-state index contributed by atoms with van der Waals surface area (Å²) in [5.41, 5.74) is 0. The Hall–Kier alpha value is -1.59. The lowest BCUT2D eigenvalue weighted by atomic mass is 9.95. The number of amides is 2. The lowest BCUT2D eigenvalue weighted by Crippen LogP contribution is -2.47. The summed E-state index contributed by atoms with van der Waals surface area (Å²) in [6, 6.07) is 0. The Labute approximate surface area is 124 Å². The Bertz CT molecular complexity index is 447. The highest BCUT2D eigenvalue weighted by atomic mass is 16.5. The highest BCUT2D eigenvalue weighted by Crippen LogP contribution is 2.28. The van der Waals surface area contributed by atoms with Crippen LogP contribution >= 0.6 is 0 Å². The van der Waals surface area contributed by atoms with Crippen LogP contribution in [0.5, 0.6) is 0 Å². The zero-order chi connectivity index (χ0) is 14.8. The molecule has 1 aliphatic carbocycles. The van der Waals surface area contributed by atoms with E-state index < -0.39 is 0 Å². The normalized spacial score (nSPS) is 29.1. The van der Waals surface area contributed by atoms with Gasteiger partial charge in [-0.05, 0) is 31.6 Å². The zero-order valence-corrected chi connectivity index (χ0v) is 12.2. The average Bonchev–Trinajstić information content (AvgIpc) is 3.24. The van der Waals surface area contributed by atoms with Gasteiger partial charge in [0.2, 0.25) is 11.8 Å². The molecule has 1 saturated carbocycles. The molecule has 2 saturated heterocycles. The number of nitrogens with one attached hydrogen (secondary N) is 1. The Kier molecular flexibility index (Phi) is 4.12. The lowest BCUT2D eigenvalue weighted by molar-refractivity contribution is -0.139. The summed E-state index contributed by atoms with van der Waals surface area (Å²) in [5.74, 6) is -0.0787. The van der Waals surface area contributed by atoms with Gasteiger partial charge in [-0.1, -0.05) is 0 Å². The van der Waals surface area contributed by atoms with E-state index in [2.05, 4.69) is 5.32 Å².